The Morgan fingerprint density at radius 2 is 1.64 bits per heavy atom. The molecular weight excluding hydrogens is 644 g/mol. The summed E-state index contributed by atoms with van der Waals surface area (Å²) in [5.41, 5.74) is 9.04. The lowest BCUT2D eigenvalue weighted by Crippen LogP contribution is -2.54. The van der Waals surface area contributed by atoms with E-state index in [1.165, 1.54) is 6.07 Å². The predicted molar refractivity (Wildman–Crippen MR) is 179 cm³/mol. The molecular formula is C36H34N6O8. The summed E-state index contributed by atoms with van der Waals surface area (Å²) in [6.45, 7) is 0.796. The van der Waals surface area contributed by atoms with Gasteiger partial charge >= 0.3 is 0 Å². The van der Waals surface area contributed by atoms with Crippen molar-refractivity contribution >= 4 is 35.4 Å². The molecule has 4 aromatic rings. The summed E-state index contributed by atoms with van der Waals surface area (Å²) in [6, 6.07) is 19.8. The minimum absolute atomic E-state index is 0.0309. The van der Waals surface area contributed by atoms with Crippen molar-refractivity contribution in [3.63, 3.8) is 0 Å². The van der Waals surface area contributed by atoms with Gasteiger partial charge in [-0.2, -0.15) is 0 Å². The van der Waals surface area contributed by atoms with Gasteiger partial charge in [0, 0.05) is 37.4 Å². The van der Waals surface area contributed by atoms with Crippen LogP contribution >= 0.6 is 0 Å². The number of benzene rings is 3. The summed E-state index contributed by atoms with van der Waals surface area (Å²) < 4.78 is 11.7. The molecule has 6 rings (SSSR count). The number of phenolic OH excluding ortho intramolecular Hbond substituents is 1. The molecule has 3 aromatic carbocycles. The number of para-hydroxylation sites is 1. The average Bonchev–Trinajstić information content (AvgIpc) is 3.36. The lowest BCUT2D eigenvalue weighted by atomic mass is 10.0. The van der Waals surface area contributed by atoms with Gasteiger partial charge < -0.3 is 25.6 Å². The van der Waals surface area contributed by atoms with Crippen molar-refractivity contribution in [2.75, 3.05) is 18.9 Å². The van der Waals surface area contributed by atoms with Crippen LogP contribution in [-0.2, 0) is 27.3 Å². The van der Waals surface area contributed by atoms with Gasteiger partial charge in [-0.05, 0) is 48.2 Å². The van der Waals surface area contributed by atoms with Crippen molar-refractivity contribution in [3.8, 4) is 28.5 Å². The first kappa shape index (κ1) is 33.6. The van der Waals surface area contributed by atoms with Crippen molar-refractivity contribution < 1.29 is 38.6 Å². The normalized spacial score (nSPS) is 15.4. The highest BCUT2D eigenvalue weighted by molar-refractivity contribution is 6.24. The van der Waals surface area contributed by atoms with Gasteiger partial charge in [-0.25, -0.2) is 0 Å². The van der Waals surface area contributed by atoms with E-state index in [9.17, 15) is 29.1 Å². The van der Waals surface area contributed by atoms with E-state index in [2.05, 4.69) is 20.8 Å². The Morgan fingerprint density at radius 1 is 0.900 bits per heavy atom. The number of rotatable bonds is 13. The van der Waals surface area contributed by atoms with Crippen LogP contribution in [0.3, 0.4) is 0 Å². The van der Waals surface area contributed by atoms with E-state index < -0.39 is 29.7 Å². The molecule has 1 unspecified atom stereocenters. The number of amides is 5. The molecule has 0 aliphatic carbocycles. The number of phenols is 1. The number of ether oxygens (including phenoxy) is 2. The lowest BCUT2D eigenvalue weighted by molar-refractivity contribution is -0.136. The molecule has 14 nitrogen and oxygen atoms in total. The van der Waals surface area contributed by atoms with Gasteiger partial charge in [-0.1, -0.05) is 42.5 Å². The predicted octanol–water partition coefficient (Wildman–Crippen LogP) is 2.93. The van der Waals surface area contributed by atoms with Crippen LogP contribution in [0.5, 0.6) is 17.2 Å². The van der Waals surface area contributed by atoms with Crippen LogP contribution in [0.25, 0.3) is 11.3 Å². The summed E-state index contributed by atoms with van der Waals surface area (Å²) >= 11 is 0. The number of carbonyl (C=O) groups is 5. The number of piperidine rings is 1. The van der Waals surface area contributed by atoms with E-state index in [0.29, 0.717) is 43.0 Å². The summed E-state index contributed by atoms with van der Waals surface area (Å²) in [7, 11) is 0. The number of anilines is 1. The fraction of sp³-hybridized carbons (Fsp3) is 0.250. The zero-order valence-corrected chi connectivity index (χ0v) is 26.9. The van der Waals surface area contributed by atoms with Gasteiger partial charge in [-0.15, -0.1) is 10.2 Å². The van der Waals surface area contributed by atoms with Gasteiger partial charge in [0.15, 0.2) is 11.6 Å². The number of nitrogens with zero attached hydrogens (tertiary/aromatic N) is 3. The van der Waals surface area contributed by atoms with Gasteiger partial charge in [0.1, 0.15) is 23.2 Å². The number of hydrogen-bond acceptors (Lipinski definition) is 11. The molecule has 5 amide bonds. The molecule has 3 heterocycles. The number of nitrogens with one attached hydrogen (secondary N) is 2. The molecule has 2 aliphatic heterocycles. The second-order valence-electron chi connectivity index (χ2n) is 11.8. The Morgan fingerprint density at radius 3 is 2.42 bits per heavy atom. The van der Waals surface area contributed by atoms with E-state index in [1.54, 1.807) is 42.5 Å². The maximum Gasteiger partial charge on any atom is 0.266 e. The van der Waals surface area contributed by atoms with Crippen LogP contribution in [0.15, 0.2) is 72.8 Å². The Labute approximate surface area is 286 Å². The zero-order valence-electron chi connectivity index (χ0n) is 26.9. The monoisotopic (exact) mass is 678 g/mol. The number of nitrogen functional groups attached to an aromatic ring is 1. The molecule has 0 saturated carbocycles. The Hall–Kier alpha value is -6.31. The van der Waals surface area contributed by atoms with Crippen LogP contribution in [0, 0.1) is 0 Å². The fourth-order valence-corrected chi connectivity index (χ4v) is 5.73. The topological polar surface area (TPSA) is 203 Å². The van der Waals surface area contributed by atoms with Gasteiger partial charge in [0.2, 0.25) is 17.7 Å². The first-order valence-electron chi connectivity index (χ1n) is 16.1. The molecule has 0 spiro atoms. The second kappa shape index (κ2) is 14.8. The smallest absolute Gasteiger partial charge is 0.266 e. The molecule has 0 bridgehead atoms. The van der Waals surface area contributed by atoms with Gasteiger partial charge in [-0.3, -0.25) is 34.2 Å². The SMILES string of the molecule is Nc1nnc(-c2ccccc2O)cc1OCCc1ccc(CNC(=O)CCCOc2cccc3c2C(=O)N(C2CCC(=O)NC2=O)C3=O)cc1. The van der Waals surface area contributed by atoms with Crippen LogP contribution in [-0.4, -0.2) is 69.0 Å². The Kier molecular flexibility index (Phi) is 9.97. The van der Waals surface area contributed by atoms with Crippen molar-refractivity contribution in [2.24, 2.45) is 0 Å². The van der Waals surface area contributed by atoms with Crippen molar-refractivity contribution in [1.29, 1.82) is 0 Å². The largest absolute Gasteiger partial charge is 0.507 e. The summed E-state index contributed by atoms with van der Waals surface area (Å²) in [5.74, 6) is -1.77. The number of aromatic nitrogens is 2. The Bertz CT molecular complexity index is 1960. The molecule has 1 atom stereocenters. The molecule has 0 radical (unpaired) electrons. The molecule has 14 heteroatoms. The molecule has 1 fully saturated rings. The summed E-state index contributed by atoms with van der Waals surface area (Å²) in [6.07, 6.45) is 1.23. The van der Waals surface area contributed by atoms with Crippen molar-refractivity contribution in [3.05, 3.63) is 95.1 Å². The second-order valence-corrected chi connectivity index (χ2v) is 11.8. The maximum atomic E-state index is 13.2. The fourth-order valence-electron chi connectivity index (χ4n) is 5.73. The van der Waals surface area contributed by atoms with E-state index in [1.807, 2.05) is 24.3 Å². The number of hydrogen-bond donors (Lipinski definition) is 4. The van der Waals surface area contributed by atoms with E-state index in [0.717, 1.165) is 16.0 Å². The van der Waals surface area contributed by atoms with Crippen LogP contribution < -0.4 is 25.8 Å². The molecule has 5 N–H and O–H groups in total. The van der Waals surface area contributed by atoms with E-state index >= 15 is 0 Å². The molecule has 1 aromatic heterocycles. The Balaban J connectivity index is 0.927. The van der Waals surface area contributed by atoms with Crippen LogP contribution in [0.4, 0.5) is 5.82 Å². The van der Waals surface area contributed by atoms with Gasteiger partial charge in [0.05, 0.1) is 24.3 Å². The third-order valence-corrected chi connectivity index (χ3v) is 8.36. The third-order valence-electron chi connectivity index (χ3n) is 8.36. The van der Waals surface area contributed by atoms with Crippen molar-refractivity contribution in [1.82, 2.24) is 25.7 Å². The first-order chi connectivity index (χ1) is 24.2. The van der Waals surface area contributed by atoms with E-state index in [-0.39, 0.29) is 60.2 Å². The molecule has 256 valence electrons. The van der Waals surface area contributed by atoms with E-state index in [4.69, 9.17) is 15.2 Å². The number of imide groups is 2. The average molecular weight is 679 g/mol. The lowest BCUT2D eigenvalue weighted by Gasteiger charge is -2.27. The van der Waals surface area contributed by atoms with Gasteiger partial charge in [0.25, 0.3) is 11.8 Å². The number of carbonyl (C=O) groups excluding carboxylic acids is 5. The minimum Gasteiger partial charge on any atom is -0.507 e. The van der Waals surface area contributed by atoms with Crippen LogP contribution in [0.1, 0.15) is 57.5 Å². The first-order valence-corrected chi connectivity index (χ1v) is 16.1. The summed E-state index contributed by atoms with van der Waals surface area (Å²) in [4.78, 5) is 63.4. The molecule has 2 aliphatic rings. The number of aromatic hydroxyl groups is 1. The standard InChI is InChI=1S/C36H34N6O8/c37-33-29(19-25(40-41-33)23-5-1-2-7-27(23)43)50-18-16-21-10-12-22(13-11-21)20-38-30(44)9-4-17-49-28-8-3-6-24-32(28)36(48)42(35(24)47)26-14-15-31(45)39-34(26)46/h1-3,5-8,10-13,19,26,43H,4,9,14-18,20H2,(H2,37,41)(H,38,44)(H,39,45,46). The zero-order chi connectivity index (χ0) is 35.2. The quantitative estimate of drug-likeness (QED) is 0.120. The number of fused-ring (bicyclic) bond motifs is 1. The van der Waals surface area contributed by atoms with Crippen LogP contribution in [0.2, 0.25) is 0 Å². The van der Waals surface area contributed by atoms with Crippen molar-refractivity contribution in [2.45, 2.75) is 44.7 Å². The highest BCUT2D eigenvalue weighted by Crippen LogP contribution is 2.34. The molecule has 50 heavy (non-hydrogen) atoms. The number of nitrogens with two attached hydrogens (primary N) is 1. The highest BCUT2D eigenvalue weighted by Gasteiger charge is 2.46. The molecule has 1 saturated heterocycles. The minimum atomic E-state index is -1.07. The maximum absolute atomic E-state index is 13.2. The third kappa shape index (κ3) is 7.38. The summed E-state index contributed by atoms with van der Waals surface area (Å²) in [5, 5.41) is 23.2. The highest BCUT2D eigenvalue weighted by atomic mass is 16.5.